The summed E-state index contributed by atoms with van der Waals surface area (Å²) < 4.78 is 15.2. The number of hydrogen-bond acceptors (Lipinski definition) is 6. The molecule has 0 unspecified atom stereocenters. The second kappa shape index (κ2) is 6.51. The van der Waals surface area contributed by atoms with Gasteiger partial charge in [0.15, 0.2) is 11.4 Å². The molecule has 0 fully saturated rings. The van der Waals surface area contributed by atoms with E-state index in [0.717, 1.165) is 5.56 Å². The van der Waals surface area contributed by atoms with E-state index in [1.807, 2.05) is 30.3 Å². The topological polar surface area (TPSA) is 70.5 Å². The van der Waals surface area contributed by atoms with Crippen molar-refractivity contribution in [2.75, 3.05) is 14.2 Å². The van der Waals surface area contributed by atoms with Crippen molar-refractivity contribution in [1.82, 2.24) is 10.2 Å². The summed E-state index contributed by atoms with van der Waals surface area (Å²) in [6, 6.07) is 11.1. The SMILES string of the molecule is COC(=O)c1cc(OC)c(OCc2ccccc2)nn1. The van der Waals surface area contributed by atoms with E-state index in [4.69, 9.17) is 9.47 Å². The first kappa shape index (κ1) is 13.8. The zero-order valence-electron chi connectivity index (χ0n) is 11.2. The fourth-order valence-electron chi connectivity index (χ4n) is 1.54. The molecule has 0 N–H and O–H groups in total. The van der Waals surface area contributed by atoms with Crippen molar-refractivity contribution in [3.63, 3.8) is 0 Å². The molecule has 104 valence electrons. The van der Waals surface area contributed by atoms with Gasteiger partial charge in [0.25, 0.3) is 5.88 Å². The van der Waals surface area contributed by atoms with E-state index in [1.165, 1.54) is 20.3 Å². The van der Waals surface area contributed by atoms with Crippen molar-refractivity contribution in [1.29, 1.82) is 0 Å². The lowest BCUT2D eigenvalue weighted by atomic mass is 10.2. The highest BCUT2D eigenvalue weighted by Crippen LogP contribution is 2.24. The minimum absolute atomic E-state index is 0.0661. The molecule has 0 bridgehead atoms. The molecule has 0 aliphatic heterocycles. The third kappa shape index (κ3) is 3.23. The highest BCUT2D eigenvalue weighted by molar-refractivity contribution is 5.87. The molecular formula is C14H14N2O4. The van der Waals surface area contributed by atoms with Gasteiger partial charge in [-0.05, 0) is 5.56 Å². The van der Waals surface area contributed by atoms with E-state index >= 15 is 0 Å². The van der Waals surface area contributed by atoms with Gasteiger partial charge in [-0.1, -0.05) is 30.3 Å². The van der Waals surface area contributed by atoms with Crippen LogP contribution >= 0.6 is 0 Å². The maximum atomic E-state index is 11.4. The minimum atomic E-state index is -0.578. The van der Waals surface area contributed by atoms with Crippen LogP contribution in [0.5, 0.6) is 11.6 Å². The molecule has 1 heterocycles. The van der Waals surface area contributed by atoms with E-state index in [-0.39, 0.29) is 11.6 Å². The number of methoxy groups -OCH3 is 2. The summed E-state index contributed by atoms with van der Waals surface area (Å²) in [5.41, 5.74) is 1.06. The molecule has 0 atom stereocenters. The molecule has 0 aliphatic rings. The van der Waals surface area contributed by atoms with Crippen molar-refractivity contribution in [3.05, 3.63) is 47.7 Å². The van der Waals surface area contributed by atoms with Crippen LogP contribution in [0, 0.1) is 0 Å². The molecular weight excluding hydrogens is 260 g/mol. The normalized spacial score (nSPS) is 9.90. The Morgan fingerprint density at radius 2 is 1.90 bits per heavy atom. The van der Waals surface area contributed by atoms with Gasteiger partial charge in [0.2, 0.25) is 0 Å². The molecule has 1 aromatic heterocycles. The van der Waals surface area contributed by atoms with E-state index < -0.39 is 5.97 Å². The standard InChI is InChI=1S/C14H14N2O4/c1-18-12-8-11(14(17)19-2)15-16-13(12)20-9-10-6-4-3-5-7-10/h3-8H,9H2,1-2H3. The molecule has 0 saturated heterocycles. The largest absolute Gasteiger partial charge is 0.491 e. The van der Waals surface area contributed by atoms with Crippen LogP contribution in [0.4, 0.5) is 0 Å². The summed E-state index contributed by atoms with van der Waals surface area (Å²) in [4.78, 5) is 11.4. The summed E-state index contributed by atoms with van der Waals surface area (Å²) in [5, 5.41) is 7.58. The average molecular weight is 274 g/mol. The number of rotatable bonds is 5. The fourth-order valence-corrected chi connectivity index (χ4v) is 1.54. The van der Waals surface area contributed by atoms with Crippen LogP contribution in [0.3, 0.4) is 0 Å². The molecule has 2 rings (SSSR count). The number of nitrogens with zero attached hydrogens (tertiary/aromatic N) is 2. The predicted molar refractivity (Wildman–Crippen MR) is 70.7 cm³/mol. The second-order valence-corrected chi connectivity index (χ2v) is 3.87. The molecule has 0 spiro atoms. The Balaban J connectivity index is 2.13. The third-order valence-corrected chi connectivity index (χ3v) is 2.56. The van der Waals surface area contributed by atoms with Gasteiger partial charge in [0.1, 0.15) is 6.61 Å². The maximum Gasteiger partial charge on any atom is 0.358 e. The molecule has 2 aromatic rings. The number of carbonyl (C=O) groups is 1. The summed E-state index contributed by atoms with van der Waals surface area (Å²) in [6.45, 7) is 0.337. The van der Waals surface area contributed by atoms with Crippen molar-refractivity contribution < 1.29 is 19.0 Å². The highest BCUT2D eigenvalue weighted by Gasteiger charge is 2.14. The van der Waals surface area contributed by atoms with Gasteiger partial charge in [-0.2, -0.15) is 0 Å². The number of hydrogen-bond donors (Lipinski definition) is 0. The number of carbonyl (C=O) groups excluding carboxylic acids is 1. The van der Waals surface area contributed by atoms with E-state index in [2.05, 4.69) is 14.9 Å². The Labute approximate surface area is 116 Å². The van der Waals surface area contributed by atoms with Crippen LogP contribution < -0.4 is 9.47 Å². The first-order chi connectivity index (χ1) is 9.74. The summed E-state index contributed by atoms with van der Waals surface area (Å²) in [6.07, 6.45) is 0. The monoisotopic (exact) mass is 274 g/mol. The van der Waals surface area contributed by atoms with Crippen LogP contribution in [0.25, 0.3) is 0 Å². The smallest absolute Gasteiger partial charge is 0.358 e. The van der Waals surface area contributed by atoms with Gasteiger partial charge in [0, 0.05) is 6.07 Å². The van der Waals surface area contributed by atoms with Gasteiger partial charge >= 0.3 is 5.97 Å². The van der Waals surface area contributed by atoms with Crippen molar-refractivity contribution in [2.45, 2.75) is 6.61 Å². The first-order valence-electron chi connectivity index (χ1n) is 5.91. The molecule has 0 aliphatic carbocycles. The first-order valence-corrected chi connectivity index (χ1v) is 5.91. The molecule has 0 radical (unpaired) electrons. The quantitative estimate of drug-likeness (QED) is 0.775. The maximum absolute atomic E-state index is 11.4. The minimum Gasteiger partial charge on any atom is -0.491 e. The van der Waals surface area contributed by atoms with Gasteiger partial charge in [0.05, 0.1) is 14.2 Å². The van der Waals surface area contributed by atoms with Gasteiger partial charge in [-0.15, -0.1) is 10.2 Å². The Bertz CT molecular complexity index is 587. The van der Waals surface area contributed by atoms with Crippen LogP contribution in [-0.2, 0) is 11.3 Å². The van der Waals surface area contributed by atoms with Crippen molar-refractivity contribution in [3.8, 4) is 11.6 Å². The van der Waals surface area contributed by atoms with Crippen LogP contribution in [-0.4, -0.2) is 30.4 Å². The zero-order valence-corrected chi connectivity index (χ0v) is 11.2. The van der Waals surface area contributed by atoms with Gasteiger partial charge in [-0.3, -0.25) is 0 Å². The Hall–Kier alpha value is -2.63. The average Bonchev–Trinajstić information content (AvgIpc) is 2.53. The van der Waals surface area contributed by atoms with E-state index in [0.29, 0.717) is 12.4 Å². The van der Waals surface area contributed by atoms with Crippen molar-refractivity contribution in [2.24, 2.45) is 0 Å². The fraction of sp³-hybridized carbons (Fsp3) is 0.214. The molecule has 0 amide bonds. The molecule has 6 nitrogen and oxygen atoms in total. The Kier molecular flexibility index (Phi) is 4.49. The van der Waals surface area contributed by atoms with Crippen LogP contribution in [0.1, 0.15) is 16.1 Å². The van der Waals surface area contributed by atoms with Gasteiger partial charge in [-0.25, -0.2) is 4.79 Å². The highest BCUT2D eigenvalue weighted by atomic mass is 16.5. The Morgan fingerprint density at radius 1 is 1.15 bits per heavy atom. The third-order valence-electron chi connectivity index (χ3n) is 2.56. The number of esters is 1. The van der Waals surface area contributed by atoms with E-state index in [1.54, 1.807) is 0 Å². The Morgan fingerprint density at radius 3 is 2.55 bits per heavy atom. The summed E-state index contributed by atoms with van der Waals surface area (Å²) in [7, 11) is 2.74. The molecule has 20 heavy (non-hydrogen) atoms. The number of ether oxygens (including phenoxy) is 3. The summed E-state index contributed by atoms with van der Waals surface area (Å²) in [5.74, 6) is -0.0225. The van der Waals surface area contributed by atoms with Gasteiger partial charge < -0.3 is 14.2 Å². The lowest BCUT2D eigenvalue weighted by Gasteiger charge is -2.09. The number of aromatic nitrogens is 2. The molecule has 1 aromatic carbocycles. The molecule has 0 saturated carbocycles. The van der Waals surface area contributed by atoms with E-state index in [9.17, 15) is 4.79 Å². The lowest BCUT2D eigenvalue weighted by molar-refractivity contribution is 0.0591. The number of benzene rings is 1. The van der Waals surface area contributed by atoms with Crippen LogP contribution in [0.15, 0.2) is 36.4 Å². The summed E-state index contributed by atoms with van der Waals surface area (Å²) >= 11 is 0. The van der Waals surface area contributed by atoms with Crippen molar-refractivity contribution >= 4 is 5.97 Å². The molecule has 6 heteroatoms. The predicted octanol–water partition coefficient (Wildman–Crippen LogP) is 1.85. The lowest BCUT2D eigenvalue weighted by Crippen LogP contribution is -2.08. The second-order valence-electron chi connectivity index (χ2n) is 3.87. The van der Waals surface area contributed by atoms with Crippen LogP contribution in [0.2, 0.25) is 0 Å². The zero-order chi connectivity index (χ0) is 14.4.